The molecule has 0 atom stereocenters. The van der Waals surface area contributed by atoms with E-state index in [9.17, 15) is 9.59 Å². The summed E-state index contributed by atoms with van der Waals surface area (Å²) in [5.74, 6) is -0.0387. The molecule has 0 spiro atoms. The first-order valence-electron chi connectivity index (χ1n) is 8.50. The van der Waals surface area contributed by atoms with E-state index in [4.69, 9.17) is 5.26 Å². The SMILES string of the molecule is CCn1c(SCC(=O)Nc2ccc(CC#N)cc2)nc2ccccc2c1=O. The highest BCUT2D eigenvalue weighted by Crippen LogP contribution is 2.18. The predicted molar refractivity (Wildman–Crippen MR) is 107 cm³/mol. The second-order valence-corrected chi connectivity index (χ2v) is 6.77. The van der Waals surface area contributed by atoms with Gasteiger partial charge in [0.15, 0.2) is 5.16 Å². The number of nitrogens with one attached hydrogen (secondary N) is 1. The van der Waals surface area contributed by atoms with E-state index >= 15 is 0 Å². The Balaban J connectivity index is 1.71. The largest absolute Gasteiger partial charge is 0.325 e. The lowest BCUT2D eigenvalue weighted by molar-refractivity contribution is -0.113. The lowest BCUT2D eigenvalue weighted by atomic mass is 10.1. The number of anilines is 1. The van der Waals surface area contributed by atoms with Gasteiger partial charge in [-0.25, -0.2) is 4.98 Å². The van der Waals surface area contributed by atoms with Crippen molar-refractivity contribution in [3.63, 3.8) is 0 Å². The third kappa shape index (κ3) is 4.36. The number of benzene rings is 2. The highest BCUT2D eigenvalue weighted by Gasteiger charge is 2.12. The summed E-state index contributed by atoms with van der Waals surface area (Å²) >= 11 is 1.24. The second-order valence-electron chi connectivity index (χ2n) is 5.83. The number of carbonyl (C=O) groups excluding carboxylic acids is 1. The van der Waals surface area contributed by atoms with Crippen molar-refractivity contribution in [2.45, 2.75) is 25.0 Å². The summed E-state index contributed by atoms with van der Waals surface area (Å²) in [6, 6.07) is 16.4. The summed E-state index contributed by atoms with van der Waals surface area (Å²) in [6.07, 6.45) is 0.340. The molecule has 0 aliphatic carbocycles. The van der Waals surface area contributed by atoms with Crippen LogP contribution in [-0.2, 0) is 17.8 Å². The minimum atomic E-state index is -0.182. The molecule has 6 nitrogen and oxygen atoms in total. The van der Waals surface area contributed by atoms with Gasteiger partial charge in [0.2, 0.25) is 5.91 Å². The van der Waals surface area contributed by atoms with Crippen LogP contribution in [0.25, 0.3) is 10.9 Å². The molecule has 2 aromatic carbocycles. The summed E-state index contributed by atoms with van der Waals surface area (Å²) in [5, 5.41) is 12.6. The van der Waals surface area contributed by atoms with Crippen LogP contribution in [-0.4, -0.2) is 21.2 Å². The molecule has 0 saturated heterocycles. The maximum atomic E-state index is 12.6. The average molecular weight is 378 g/mol. The molecule has 0 bridgehead atoms. The number of thioether (sulfide) groups is 1. The molecule has 0 unspecified atom stereocenters. The summed E-state index contributed by atoms with van der Waals surface area (Å²) < 4.78 is 1.58. The summed E-state index contributed by atoms with van der Waals surface area (Å²) in [4.78, 5) is 29.4. The standard InChI is InChI=1S/C20H18N4O2S/c1-2-24-19(26)16-5-3-4-6-17(16)23-20(24)27-13-18(25)22-15-9-7-14(8-10-15)11-12-21/h3-10H,2,11,13H2,1H3,(H,22,25). The molecule has 27 heavy (non-hydrogen) atoms. The van der Waals surface area contributed by atoms with Crippen molar-refractivity contribution in [1.29, 1.82) is 5.26 Å². The van der Waals surface area contributed by atoms with Crippen LogP contribution in [0.3, 0.4) is 0 Å². The van der Waals surface area contributed by atoms with Crippen molar-refractivity contribution in [1.82, 2.24) is 9.55 Å². The Kier molecular flexibility index (Phi) is 5.89. The van der Waals surface area contributed by atoms with Crippen molar-refractivity contribution in [3.05, 3.63) is 64.4 Å². The van der Waals surface area contributed by atoms with Crippen LogP contribution in [0.1, 0.15) is 12.5 Å². The highest BCUT2D eigenvalue weighted by molar-refractivity contribution is 7.99. The van der Waals surface area contributed by atoms with Crippen LogP contribution < -0.4 is 10.9 Å². The summed E-state index contributed by atoms with van der Waals surface area (Å²) in [6.45, 7) is 2.37. The van der Waals surface area contributed by atoms with Gasteiger partial charge in [-0.2, -0.15) is 5.26 Å². The van der Waals surface area contributed by atoms with Gasteiger partial charge in [0.25, 0.3) is 5.56 Å². The first-order valence-corrected chi connectivity index (χ1v) is 9.49. The Labute approximate surface area is 160 Å². The van der Waals surface area contributed by atoms with Crippen LogP contribution in [0.5, 0.6) is 0 Å². The predicted octanol–water partition coefficient (Wildman–Crippen LogP) is 3.21. The van der Waals surface area contributed by atoms with E-state index in [1.807, 2.05) is 31.2 Å². The lowest BCUT2D eigenvalue weighted by Gasteiger charge is -2.11. The maximum Gasteiger partial charge on any atom is 0.262 e. The van der Waals surface area contributed by atoms with Gasteiger partial charge in [-0.1, -0.05) is 36.0 Å². The van der Waals surface area contributed by atoms with Gasteiger partial charge < -0.3 is 5.32 Å². The molecule has 1 N–H and O–H groups in total. The fraction of sp³-hybridized carbons (Fsp3) is 0.200. The van der Waals surface area contributed by atoms with Crippen LogP contribution >= 0.6 is 11.8 Å². The maximum absolute atomic E-state index is 12.6. The fourth-order valence-corrected chi connectivity index (χ4v) is 3.52. The highest BCUT2D eigenvalue weighted by atomic mass is 32.2. The van der Waals surface area contributed by atoms with Crippen LogP contribution in [0.4, 0.5) is 5.69 Å². The van der Waals surface area contributed by atoms with Crippen LogP contribution in [0.15, 0.2) is 58.5 Å². The smallest absolute Gasteiger partial charge is 0.262 e. The molecule has 1 aromatic heterocycles. The molecule has 0 aliphatic heterocycles. The number of nitrogens with zero attached hydrogens (tertiary/aromatic N) is 3. The lowest BCUT2D eigenvalue weighted by Crippen LogP contribution is -2.23. The topological polar surface area (TPSA) is 87.8 Å². The van der Waals surface area contributed by atoms with Gasteiger partial charge >= 0.3 is 0 Å². The number of amides is 1. The van der Waals surface area contributed by atoms with E-state index in [0.717, 1.165) is 5.56 Å². The molecule has 0 fully saturated rings. The van der Waals surface area contributed by atoms with Crippen LogP contribution in [0.2, 0.25) is 0 Å². The van der Waals surface area contributed by atoms with Gasteiger partial charge in [0, 0.05) is 12.2 Å². The van der Waals surface area contributed by atoms with E-state index in [0.29, 0.717) is 34.7 Å². The molecule has 1 amide bonds. The third-order valence-corrected chi connectivity index (χ3v) is 4.97. The fourth-order valence-electron chi connectivity index (χ4n) is 2.66. The molecule has 3 aromatic rings. The normalized spacial score (nSPS) is 10.5. The molecular formula is C20H18N4O2S. The van der Waals surface area contributed by atoms with E-state index in [1.54, 1.807) is 28.8 Å². The van der Waals surface area contributed by atoms with Gasteiger partial charge in [-0.3, -0.25) is 14.2 Å². The average Bonchev–Trinajstić information content (AvgIpc) is 2.68. The van der Waals surface area contributed by atoms with E-state index < -0.39 is 0 Å². The van der Waals surface area contributed by atoms with Gasteiger partial charge in [0.05, 0.1) is 29.1 Å². The van der Waals surface area contributed by atoms with Crippen molar-refractivity contribution >= 4 is 34.3 Å². The monoisotopic (exact) mass is 378 g/mol. The first-order chi connectivity index (χ1) is 13.1. The third-order valence-electron chi connectivity index (χ3n) is 4.00. The number of hydrogen-bond donors (Lipinski definition) is 1. The van der Waals surface area contributed by atoms with E-state index in [1.165, 1.54) is 11.8 Å². The Morgan fingerprint density at radius 2 is 1.96 bits per heavy atom. The van der Waals surface area contributed by atoms with Crippen molar-refractivity contribution < 1.29 is 4.79 Å². The molecule has 3 rings (SSSR count). The second kappa shape index (κ2) is 8.52. The first kappa shape index (κ1) is 18.7. The molecular weight excluding hydrogens is 360 g/mol. The zero-order chi connectivity index (χ0) is 19.2. The minimum absolute atomic E-state index is 0.0981. The Morgan fingerprint density at radius 3 is 2.67 bits per heavy atom. The quantitative estimate of drug-likeness (QED) is 0.526. The number of aromatic nitrogens is 2. The zero-order valence-corrected chi connectivity index (χ0v) is 15.6. The van der Waals surface area contributed by atoms with Crippen molar-refractivity contribution in [2.24, 2.45) is 0 Å². The van der Waals surface area contributed by atoms with E-state index in [-0.39, 0.29) is 17.2 Å². The number of fused-ring (bicyclic) bond motifs is 1. The molecule has 7 heteroatoms. The Hall–Kier alpha value is -3.11. The molecule has 0 saturated carbocycles. The van der Waals surface area contributed by atoms with Gasteiger partial charge in [-0.05, 0) is 36.8 Å². The van der Waals surface area contributed by atoms with Crippen molar-refractivity contribution in [2.75, 3.05) is 11.1 Å². The number of rotatable bonds is 6. The summed E-state index contributed by atoms with van der Waals surface area (Å²) in [5.41, 5.74) is 2.10. The summed E-state index contributed by atoms with van der Waals surface area (Å²) in [7, 11) is 0. The molecule has 136 valence electrons. The van der Waals surface area contributed by atoms with Gasteiger partial charge in [-0.15, -0.1) is 0 Å². The molecule has 0 radical (unpaired) electrons. The number of carbonyl (C=O) groups is 1. The molecule has 0 aliphatic rings. The van der Waals surface area contributed by atoms with E-state index in [2.05, 4.69) is 16.4 Å². The number of hydrogen-bond acceptors (Lipinski definition) is 5. The molecule has 1 heterocycles. The number of para-hydroxylation sites is 1. The Bertz CT molecular complexity index is 1070. The van der Waals surface area contributed by atoms with Crippen LogP contribution in [0, 0.1) is 11.3 Å². The Morgan fingerprint density at radius 1 is 1.22 bits per heavy atom. The van der Waals surface area contributed by atoms with Crippen molar-refractivity contribution in [3.8, 4) is 6.07 Å². The van der Waals surface area contributed by atoms with Gasteiger partial charge in [0.1, 0.15) is 0 Å². The minimum Gasteiger partial charge on any atom is -0.325 e. The number of nitriles is 1. The zero-order valence-electron chi connectivity index (χ0n) is 14.8.